The summed E-state index contributed by atoms with van der Waals surface area (Å²) in [4.78, 5) is 17.9. The van der Waals surface area contributed by atoms with Gasteiger partial charge in [0.05, 0.1) is 0 Å². The van der Waals surface area contributed by atoms with Crippen LogP contribution < -0.4 is 20.1 Å². The molecule has 1 aromatic heterocycles. The van der Waals surface area contributed by atoms with E-state index in [0.29, 0.717) is 24.3 Å². The molecule has 1 aliphatic heterocycles. The SMILES string of the molecule is CN1CCn2c1cc(OCc1ccc(OC3=CC=C(F)CC3)c(F)c1)nc2=O. The van der Waals surface area contributed by atoms with Crippen molar-refractivity contribution in [3.05, 3.63) is 69.9 Å². The van der Waals surface area contributed by atoms with E-state index in [1.54, 1.807) is 16.7 Å². The molecule has 2 aromatic rings. The maximum Gasteiger partial charge on any atom is 0.352 e. The molecule has 0 saturated heterocycles. The van der Waals surface area contributed by atoms with E-state index in [1.165, 1.54) is 24.3 Å². The second-order valence-electron chi connectivity index (χ2n) is 6.71. The maximum absolute atomic E-state index is 14.3. The monoisotopic (exact) mass is 387 g/mol. The highest BCUT2D eigenvalue weighted by atomic mass is 19.1. The van der Waals surface area contributed by atoms with Gasteiger partial charge in [-0.2, -0.15) is 4.98 Å². The molecule has 0 radical (unpaired) electrons. The number of anilines is 1. The molecule has 0 spiro atoms. The van der Waals surface area contributed by atoms with Crippen LogP contribution in [0, 0.1) is 5.82 Å². The van der Waals surface area contributed by atoms with Crippen LogP contribution in [0.5, 0.6) is 11.6 Å². The molecule has 146 valence electrons. The van der Waals surface area contributed by atoms with E-state index in [-0.39, 0.29) is 36.2 Å². The molecule has 28 heavy (non-hydrogen) atoms. The number of fused-ring (bicyclic) bond motifs is 1. The Morgan fingerprint density at radius 1 is 1.14 bits per heavy atom. The van der Waals surface area contributed by atoms with Crippen LogP contribution in [0.2, 0.25) is 0 Å². The van der Waals surface area contributed by atoms with E-state index in [2.05, 4.69) is 4.98 Å². The Hall–Kier alpha value is -3.16. The molecule has 2 aliphatic rings. The van der Waals surface area contributed by atoms with Crippen LogP contribution in [0.1, 0.15) is 18.4 Å². The van der Waals surface area contributed by atoms with Gasteiger partial charge in [-0.1, -0.05) is 6.07 Å². The summed E-state index contributed by atoms with van der Waals surface area (Å²) in [6, 6.07) is 6.18. The first-order valence-corrected chi connectivity index (χ1v) is 8.97. The number of hydrogen-bond donors (Lipinski definition) is 0. The van der Waals surface area contributed by atoms with Crippen LogP contribution >= 0.6 is 0 Å². The van der Waals surface area contributed by atoms with E-state index in [1.807, 2.05) is 11.9 Å². The second kappa shape index (κ2) is 7.46. The van der Waals surface area contributed by atoms with Gasteiger partial charge < -0.3 is 14.4 Å². The lowest BCUT2D eigenvalue weighted by molar-refractivity contribution is 0.290. The van der Waals surface area contributed by atoms with Crippen LogP contribution in [0.3, 0.4) is 0 Å². The Morgan fingerprint density at radius 2 is 2.00 bits per heavy atom. The summed E-state index contributed by atoms with van der Waals surface area (Å²) in [5, 5.41) is 0. The van der Waals surface area contributed by atoms with Crippen molar-refractivity contribution < 1.29 is 18.3 Å². The van der Waals surface area contributed by atoms with Gasteiger partial charge in [-0.15, -0.1) is 0 Å². The molecule has 8 heteroatoms. The van der Waals surface area contributed by atoms with E-state index in [0.717, 1.165) is 12.4 Å². The zero-order valence-electron chi connectivity index (χ0n) is 15.3. The normalized spacial score (nSPS) is 15.8. The van der Waals surface area contributed by atoms with Crippen molar-refractivity contribution in [2.24, 2.45) is 0 Å². The Morgan fingerprint density at radius 3 is 2.75 bits per heavy atom. The lowest BCUT2D eigenvalue weighted by Crippen LogP contribution is -2.22. The fraction of sp³-hybridized carbons (Fsp3) is 0.300. The van der Waals surface area contributed by atoms with Crippen molar-refractivity contribution in [2.75, 3.05) is 18.5 Å². The number of aromatic nitrogens is 2. The van der Waals surface area contributed by atoms with Crippen molar-refractivity contribution >= 4 is 5.82 Å². The molecule has 0 unspecified atom stereocenters. The van der Waals surface area contributed by atoms with Crippen LogP contribution in [0.25, 0.3) is 0 Å². The van der Waals surface area contributed by atoms with Crippen molar-refractivity contribution in [3.8, 4) is 11.6 Å². The molecule has 0 amide bonds. The minimum absolute atomic E-state index is 0.0629. The fourth-order valence-electron chi connectivity index (χ4n) is 3.13. The number of halogens is 2. The highest BCUT2D eigenvalue weighted by Crippen LogP contribution is 2.26. The first-order valence-electron chi connectivity index (χ1n) is 8.97. The van der Waals surface area contributed by atoms with E-state index in [4.69, 9.17) is 9.47 Å². The Kier molecular flexibility index (Phi) is 4.85. The van der Waals surface area contributed by atoms with Gasteiger partial charge in [0, 0.05) is 39.0 Å². The van der Waals surface area contributed by atoms with Gasteiger partial charge in [0.2, 0.25) is 5.88 Å². The van der Waals surface area contributed by atoms with Gasteiger partial charge >= 0.3 is 5.69 Å². The molecule has 4 rings (SSSR count). The smallest absolute Gasteiger partial charge is 0.352 e. The zero-order valence-corrected chi connectivity index (χ0v) is 15.3. The first kappa shape index (κ1) is 18.2. The molecular formula is C20H19F2N3O3. The molecule has 0 fully saturated rings. The van der Waals surface area contributed by atoms with Crippen LogP contribution in [0.4, 0.5) is 14.6 Å². The third-order valence-electron chi connectivity index (χ3n) is 4.70. The summed E-state index contributed by atoms with van der Waals surface area (Å²) in [6.07, 6.45) is 3.47. The van der Waals surface area contributed by atoms with Crippen LogP contribution in [0.15, 0.2) is 52.8 Å². The van der Waals surface area contributed by atoms with Crippen molar-refractivity contribution in [2.45, 2.75) is 26.0 Å². The Bertz CT molecular complexity index is 1030. The average Bonchev–Trinajstić information content (AvgIpc) is 3.05. The molecule has 1 aliphatic carbocycles. The highest BCUT2D eigenvalue weighted by molar-refractivity contribution is 5.44. The molecule has 1 aromatic carbocycles. The Balaban J connectivity index is 1.44. The van der Waals surface area contributed by atoms with Crippen molar-refractivity contribution in [1.29, 1.82) is 0 Å². The van der Waals surface area contributed by atoms with Gasteiger partial charge in [0.25, 0.3) is 0 Å². The summed E-state index contributed by atoms with van der Waals surface area (Å²) in [5.41, 5.74) is 0.210. The molecule has 0 atom stereocenters. The highest BCUT2D eigenvalue weighted by Gasteiger charge is 2.19. The summed E-state index contributed by atoms with van der Waals surface area (Å²) < 4.78 is 40.0. The lowest BCUT2D eigenvalue weighted by atomic mass is 10.1. The van der Waals surface area contributed by atoms with Crippen molar-refractivity contribution in [1.82, 2.24) is 9.55 Å². The lowest BCUT2D eigenvalue weighted by Gasteiger charge is -2.14. The Labute approximate surface area is 160 Å². The quantitative estimate of drug-likeness (QED) is 0.788. The molecular weight excluding hydrogens is 368 g/mol. The van der Waals surface area contributed by atoms with Crippen LogP contribution in [-0.4, -0.2) is 23.1 Å². The molecule has 0 saturated carbocycles. The van der Waals surface area contributed by atoms with Gasteiger partial charge in [0.15, 0.2) is 11.6 Å². The predicted octanol–water partition coefficient (Wildman–Crippen LogP) is 3.32. The molecule has 6 nitrogen and oxygen atoms in total. The van der Waals surface area contributed by atoms with E-state index < -0.39 is 5.82 Å². The van der Waals surface area contributed by atoms with Gasteiger partial charge in [0.1, 0.15) is 24.0 Å². The largest absolute Gasteiger partial charge is 0.473 e. The number of rotatable bonds is 5. The molecule has 0 N–H and O–H groups in total. The third-order valence-corrected chi connectivity index (χ3v) is 4.70. The minimum Gasteiger partial charge on any atom is -0.473 e. The summed E-state index contributed by atoms with van der Waals surface area (Å²) in [6.45, 7) is 1.41. The van der Waals surface area contributed by atoms with Gasteiger partial charge in [-0.3, -0.25) is 4.57 Å². The third kappa shape index (κ3) is 3.76. The fourth-order valence-corrected chi connectivity index (χ4v) is 3.13. The average molecular weight is 387 g/mol. The summed E-state index contributed by atoms with van der Waals surface area (Å²) in [7, 11) is 1.89. The summed E-state index contributed by atoms with van der Waals surface area (Å²) >= 11 is 0. The minimum atomic E-state index is -0.543. The second-order valence-corrected chi connectivity index (χ2v) is 6.71. The number of allylic oxidation sites excluding steroid dienone is 4. The number of benzene rings is 1. The number of likely N-dealkylation sites (N-methyl/N-ethyl adjacent to an activating group) is 1. The first-order chi connectivity index (χ1) is 13.5. The molecule has 2 heterocycles. The number of ether oxygens (including phenoxy) is 2. The van der Waals surface area contributed by atoms with Crippen molar-refractivity contribution in [3.63, 3.8) is 0 Å². The predicted molar refractivity (Wildman–Crippen MR) is 99.6 cm³/mol. The zero-order chi connectivity index (χ0) is 19.7. The maximum atomic E-state index is 14.3. The van der Waals surface area contributed by atoms with E-state index in [9.17, 15) is 13.6 Å². The topological polar surface area (TPSA) is 56.6 Å². The van der Waals surface area contributed by atoms with Gasteiger partial charge in [-0.05, 0) is 29.8 Å². The number of nitrogens with zero attached hydrogens (tertiary/aromatic N) is 3. The standard InChI is InChI=1S/C20H19F2N3O3/c1-24-8-9-25-19(24)11-18(23-20(25)26)27-12-13-2-7-17(16(22)10-13)28-15-5-3-14(21)4-6-15/h2-3,5,7,10-11H,4,6,8-9,12H2,1H3. The summed E-state index contributed by atoms with van der Waals surface area (Å²) in [5.74, 6) is 0.769. The molecule has 0 bridgehead atoms. The number of hydrogen-bond acceptors (Lipinski definition) is 5. The van der Waals surface area contributed by atoms with Gasteiger partial charge in [-0.25, -0.2) is 13.6 Å². The van der Waals surface area contributed by atoms with E-state index >= 15 is 0 Å². The van der Waals surface area contributed by atoms with Crippen LogP contribution in [-0.2, 0) is 13.2 Å².